The van der Waals surface area contributed by atoms with E-state index in [0.717, 1.165) is 45.6 Å². The summed E-state index contributed by atoms with van der Waals surface area (Å²) in [4.78, 5) is 21.2. The molecule has 1 fully saturated rings. The van der Waals surface area contributed by atoms with Crippen molar-refractivity contribution in [2.75, 3.05) is 39.3 Å². The van der Waals surface area contributed by atoms with E-state index in [1.807, 2.05) is 12.3 Å². The van der Waals surface area contributed by atoms with Gasteiger partial charge in [-0.3, -0.25) is 14.7 Å². The molecule has 1 saturated heterocycles. The van der Waals surface area contributed by atoms with Crippen LogP contribution in [0.4, 0.5) is 0 Å². The van der Waals surface area contributed by atoms with Crippen molar-refractivity contribution in [3.05, 3.63) is 30.1 Å². The van der Waals surface area contributed by atoms with Crippen LogP contribution in [0.1, 0.15) is 39.2 Å². The second-order valence-corrected chi connectivity index (χ2v) is 7.23. The number of rotatable bonds is 8. The Kier molecular flexibility index (Phi) is 7.18. The molecule has 1 aliphatic heterocycles. The van der Waals surface area contributed by atoms with E-state index in [-0.39, 0.29) is 11.4 Å². The maximum atomic E-state index is 12.1. The first-order valence-electron chi connectivity index (χ1n) is 9.14. The zero-order chi connectivity index (χ0) is 17.4. The van der Waals surface area contributed by atoms with Gasteiger partial charge in [-0.05, 0) is 44.9 Å². The monoisotopic (exact) mass is 332 g/mol. The van der Waals surface area contributed by atoms with Crippen LogP contribution < -0.4 is 5.32 Å². The first kappa shape index (κ1) is 18.9. The molecule has 0 aliphatic carbocycles. The molecule has 0 bridgehead atoms. The molecule has 24 heavy (non-hydrogen) atoms. The molecule has 1 amide bonds. The molecule has 0 spiro atoms. The van der Waals surface area contributed by atoms with Gasteiger partial charge in [-0.25, -0.2) is 0 Å². The summed E-state index contributed by atoms with van der Waals surface area (Å²) in [6.45, 7) is 12.9. The van der Waals surface area contributed by atoms with Crippen molar-refractivity contribution in [1.29, 1.82) is 0 Å². The topological polar surface area (TPSA) is 48.5 Å². The summed E-state index contributed by atoms with van der Waals surface area (Å²) < 4.78 is 0. The standard InChI is InChI=1S/C19H32N4O/c1-4-22-11-13-23(14-12-22)19(2,3)16-21-18(24)9-5-7-17-8-6-10-20-15-17/h6,8,10,15H,4-5,7,9,11-14,16H2,1-3H3,(H,21,24). The first-order chi connectivity index (χ1) is 11.5. The van der Waals surface area contributed by atoms with Gasteiger partial charge >= 0.3 is 0 Å². The first-order valence-corrected chi connectivity index (χ1v) is 9.14. The van der Waals surface area contributed by atoms with Gasteiger partial charge in [0.2, 0.25) is 5.91 Å². The number of likely N-dealkylation sites (N-methyl/N-ethyl adjacent to an activating group) is 1. The number of nitrogens with one attached hydrogen (secondary N) is 1. The van der Waals surface area contributed by atoms with Crippen LogP contribution >= 0.6 is 0 Å². The van der Waals surface area contributed by atoms with Gasteiger partial charge in [-0.2, -0.15) is 0 Å². The van der Waals surface area contributed by atoms with Gasteiger partial charge < -0.3 is 10.2 Å². The van der Waals surface area contributed by atoms with Gasteiger partial charge in [-0.1, -0.05) is 13.0 Å². The highest BCUT2D eigenvalue weighted by molar-refractivity contribution is 5.75. The van der Waals surface area contributed by atoms with E-state index >= 15 is 0 Å². The highest BCUT2D eigenvalue weighted by Crippen LogP contribution is 2.16. The number of pyridine rings is 1. The highest BCUT2D eigenvalue weighted by atomic mass is 16.1. The Morgan fingerprint density at radius 3 is 2.67 bits per heavy atom. The molecule has 5 nitrogen and oxygen atoms in total. The lowest BCUT2D eigenvalue weighted by atomic mass is 10.0. The molecule has 1 aliphatic rings. The van der Waals surface area contributed by atoms with Crippen molar-refractivity contribution >= 4 is 5.91 Å². The van der Waals surface area contributed by atoms with Crippen molar-refractivity contribution in [3.63, 3.8) is 0 Å². The molecule has 1 N–H and O–H groups in total. The predicted molar refractivity (Wildman–Crippen MR) is 98.0 cm³/mol. The number of hydrogen-bond acceptors (Lipinski definition) is 4. The average molecular weight is 332 g/mol. The third-order valence-electron chi connectivity index (χ3n) is 4.99. The number of amides is 1. The maximum absolute atomic E-state index is 12.1. The maximum Gasteiger partial charge on any atom is 0.220 e. The largest absolute Gasteiger partial charge is 0.354 e. The molecule has 134 valence electrons. The quantitative estimate of drug-likeness (QED) is 0.790. The van der Waals surface area contributed by atoms with Gasteiger partial charge in [0.1, 0.15) is 0 Å². The number of carbonyl (C=O) groups excluding carboxylic acids is 1. The minimum atomic E-state index is 0.0127. The van der Waals surface area contributed by atoms with Crippen molar-refractivity contribution in [1.82, 2.24) is 20.1 Å². The van der Waals surface area contributed by atoms with E-state index in [4.69, 9.17) is 0 Å². The Bertz CT molecular complexity index is 495. The fourth-order valence-corrected chi connectivity index (χ4v) is 3.18. The van der Waals surface area contributed by atoms with E-state index in [9.17, 15) is 4.79 Å². The fraction of sp³-hybridized carbons (Fsp3) is 0.684. The predicted octanol–water partition coefficient (Wildman–Crippen LogP) is 1.94. The molecule has 1 aromatic heterocycles. The minimum Gasteiger partial charge on any atom is -0.354 e. The van der Waals surface area contributed by atoms with E-state index < -0.39 is 0 Å². The molecular weight excluding hydrogens is 300 g/mol. The van der Waals surface area contributed by atoms with Crippen molar-refractivity contribution < 1.29 is 4.79 Å². The van der Waals surface area contributed by atoms with Crippen LogP contribution in [-0.4, -0.2) is 65.5 Å². The van der Waals surface area contributed by atoms with Crippen molar-refractivity contribution in [3.8, 4) is 0 Å². The van der Waals surface area contributed by atoms with Crippen LogP contribution in [0.2, 0.25) is 0 Å². The smallest absolute Gasteiger partial charge is 0.220 e. The van der Waals surface area contributed by atoms with Gasteiger partial charge in [0.05, 0.1) is 0 Å². The average Bonchev–Trinajstić information content (AvgIpc) is 2.61. The number of nitrogens with zero attached hydrogens (tertiary/aromatic N) is 3. The van der Waals surface area contributed by atoms with E-state index in [1.54, 1.807) is 6.20 Å². The van der Waals surface area contributed by atoms with Crippen LogP contribution in [0.15, 0.2) is 24.5 Å². The molecule has 0 radical (unpaired) electrons. The second-order valence-electron chi connectivity index (χ2n) is 7.23. The number of aryl methyl sites for hydroxylation is 1. The van der Waals surface area contributed by atoms with E-state index in [0.29, 0.717) is 13.0 Å². The van der Waals surface area contributed by atoms with Crippen LogP contribution in [0.3, 0.4) is 0 Å². The Hall–Kier alpha value is -1.46. The normalized spacial score (nSPS) is 17.0. The molecule has 0 atom stereocenters. The Morgan fingerprint density at radius 1 is 1.29 bits per heavy atom. The van der Waals surface area contributed by atoms with Gasteiger partial charge in [0.25, 0.3) is 0 Å². The Labute approximate surface area is 146 Å². The van der Waals surface area contributed by atoms with Crippen molar-refractivity contribution in [2.24, 2.45) is 0 Å². The minimum absolute atomic E-state index is 0.0127. The SMILES string of the molecule is CCN1CCN(C(C)(C)CNC(=O)CCCc2cccnc2)CC1. The summed E-state index contributed by atoms with van der Waals surface area (Å²) in [5.74, 6) is 0.152. The third kappa shape index (κ3) is 5.87. The lowest BCUT2D eigenvalue weighted by Crippen LogP contribution is -2.58. The molecule has 0 saturated carbocycles. The summed E-state index contributed by atoms with van der Waals surface area (Å²) in [7, 11) is 0. The summed E-state index contributed by atoms with van der Waals surface area (Å²) in [6.07, 6.45) is 6.00. The zero-order valence-corrected chi connectivity index (χ0v) is 15.4. The Morgan fingerprint density at radius 2 is 2.04 bits per heavy atom. The molecule has 5 heteroatoms. The van der Waals surface area contributed by atoms with Crippen LogP contribution in [0.5, 0.6) is 0 Å². The van der Waals surface area contributed by atoms with Crippen LogP contribution in [-0.2, 0) is 11.2 Å². The molecular formula is C19H32N4O. The van der Waals surface area contributed by atoms with E-state index in [1.165, 1.54) is 5.56 Å². The lowest BCUT2D eigenvalue weighted by molar-refractivity contribution is -0.121. The van der Waals surface area contributed by atoms with Crippen LogP contribution in [0, 0.1) is 0 Å². The molecule has 2 rings (SSSR count). The van der Waals surface area contributed by atoms with Gasteiger partial charge in [0.15, 0.2) is 0 Å². The highest BCUT2D eigenvalue weighted by Gasteiger charge is 2.29. The van der Waals surface area contributed by atoms with Crippen molar-refractivity contribution in [2.45, 2.75) is 45.6 Å². The number of piperazine rings is 1. The van der Waals surface area contributed by atoms with Gasteiger partial charge in [-0.15, -0.1) is 0 Å². The number of hydrogen-bond donors (Lipinski definition) is 1. The molecule has 2 heterocycles. The number of carbonyl (C=O) groups is 1. The molecule has 1 aromatic rings. The summed E-state index contributed by atoms with van der Waals surface area (Å²) in [5.41, 5.74) is 1.21. The third-order valence-corrected chi connectivity index (χ3v) is 4.99. The number of aromatic nitrogens is 1. The second kappa shape index (κ2) is 9.14. The van der Waals surface area contributed by atoms with Gasteiger partial charge in [0, 0.05) is 57.1 Å². The summed E-state index contributed by atoms with van der Waals surface area (Å²) >= 11 is 0. The summed E-state index contributed by atoms with van der Waals surface area (Å²) in [5, 5.41) is 3.12. The Balaban J connectivity index is 1.66. The van der Waals surface area contributed by atoms with E-state index in [2.05, 4.69) is 46.9 Å². The molecule has 0 unspecified atom stereocenters. The van der Waals surface area contributed by atoms with Crippen LogP contribution in [0.25, 0.3) is 0 Å². The lowest BCUT2D eigenvalue weighted by Gasteiger charge is -2.44. The summed E-state index contributed by atoms with van der Waals surface area (Å²) in [6, 6.07) is 4.00. The molecule has 0 aromatic carbocycles. The zero-order valence-electron chi connectivity index (χ0n) is 15.4. The fourth-order valence-electron chi connectivity index (χ4n) is 3.18.